The summed E-state index contributed by atoms with van der Waals surface area (Å²) in [6.45, 7) is 2.04. The van der Waals surface area contributed by atoms with Crippen LogP contribution in [0.2, 0.25) is 0 Å². The molecule has 0 aliphatic rings. The summed E-state index contributed by atoms with van der Waals surface area (Å²) in [4.78, 5) is 24.5. The second-order valence-corrected chi connectivity index (χ2v) is 5.51. The summed E-state index contributed by atoms with van der Waals surface area (Å²) in [5.41, 5.74) is 1.90. The van der Waals surface area contributed by atoms with Gasteiger partial charge in [-0.25, -0.2) is 18.7 Å². The van der Waals surface area contributed by atoms with E-state index in [1.165, 1.54) is 12.1 Å². The molecule has 26 heavy (non-hydrogen) atoms. The number of benzene rings is 1. The molecule has 8 heteroatoms. The number of nitrogens with one attached hydrogen (secondary N) is 2. The SMILES string of the molecule is Cc1cc(C(=O)NCc2ccncc2)nc(Nc2ccc(F)c(F)c2)n1. The van der Waals surface area contributed by atoms with E-state index in [1.54, 1.807) is 31.5 Å². The molecule has 132 valence electrons. The maximum Gasteiger partial charge on any atom is 0.270 e. The highest BCUT2D eigenvalue weighted by Gasteiger charge is 2.11. The van der Waals surface area contributed by atoms with E-state index >= 15 is 0 Å². The predicted octanol–water partition coefficient (Wildman–Crippen LogP) is 3.13. The number of hydrogen-bond donors (Lipinski definition) is 2. The highest BCUT2D eigenvalue weighted by atomic mass is 19.2. The van der Waals surface area contributed by atoms with Crippen molar-refractivity contribution in [2.75, 3.05) is 5.32 Å². The third-order valence-corrected chi connectivity index (χ3v) is 3.47. The Morgan fingerprint density at radius 3 is 2.54 bits per heavy atom. The number of aromatic nitrogens is 3. The Morgan fingerprint density at radius 1 is 1.04 bits per heavy atom. The van der Waals surface area contributed by atoms with E-state index in [9.17, 15) is 13.6 Å². The van der Waals surface area contributed by atoms with Crippen LogP contribution in [0.15, 0.2) is 48.8 Å². The van der Waals surface area contributed by atoms with Crippen LogP contribution in [-0.4, -0.2) is 20.9 Å². The molecular weight excluding hydrogens is 340 g/mol. The quantitative estimate of drug-likeness (QED) is 0.735. The highest BCUT2D eigenvalue weighted by Crippen LogP contribution is 2.17. The van der Waals surface area contributed by atoms with Gasteiger partial charge in [0.25, 0.3) is 5.91 Å². The Labute approximate surface area is 148 Å². The van der Waals surface area contributed by atoms with Crippen molar-refractivity contribution < 1.29 is 13.6 Å². The van der Waals surface area contributed by atoms with Crippen LogP contribution in [0, 0.1) is 18.6 Å². The normalized spacial score (nSPS) is 10.4. The van der Waals surface area contributed by atoms with Crippen molar-refractivity contribution in [1.82, 2.24) is 20.3 Å². The Hall–Kier alpha value is -3.42. The van der Waals surface area contributed by atoms with Gasteiger partial charge in [-0.05, 0) is 42.8 Å². The number of carbonyl (C=O) groups excluding carboxylic acids is 1. The Balaban J connectivity index is 1.74. The van der Waals surface area contributed by atoms with E-state index in [0.717, 1.165) is 17.7 Å². The molecular formula is C18H15F2N5O. The Bertz CT molecular complexity index is 934. The summed E-state index contributed by atoms with van der Waals surface area (Å²) in [6, 6.07) is 8.47. The van der Waals surface area contributed by atoms with Gasteiger partial charge in [0.05, 0.1) is 0 Å². The molecule has 0 unspecified atom stereocenters. The van der Waals surface area contributed by atoms with E-state index in [-0.39, 0.29) is 23.2 Å². The summed E-state index contributed by atoms with van der Waals surface area (Å²) in [5, 5.41) is 5.52. The molecule has 3 aromatic rings. The minimum Gasteiger partial charge on any atom is -0.347 e. The second kappa shape index (κ2) is 7.64. The number of amides is 1. The number of pyridine rings is 1. The van der Waals surface area contributed by atoms with Gasteiger partial charge in [0.15, 0.2) is 11.6 Å². The monoisotopic (exact) mass is 355 g/mol. The maximum absolute atomic E-state index is 13.3. The number of rotatable bonds is 5. The average molecular weight is 355 g/mol. The van der Waals surface area contributed by atoms with Gasteiger partial charge in [0.2, 0.25) is 5.95 Å². The number of carbonyl (C=O) groups is 1. The van der Waals surface area contributed by atoms with Crippen molar-refractivity contribution in [2.45, 2.75) is 13.5 Å². The first-order valence-corrected chi connectivity index (χ1v) is 7.76. The van der Waals surface area contributed by atoms with Gasteiger partial charge < -0.3 is 10.6 Å². The van der Waals surface area contributed by atoms with Gasteiger partial charge in [0, 0.05) is 36.4 Å². The summed E-state index contributed by atoms with van der Waals surface area (Å²) >= 11 is 0. The number of anilines is 2. The van der Waals surface area contributed by atoms with Crippen LogP contribution in [-0.2, 0) is 6.54 Å². The second-order valence-electron chi connectivity index (χ2n) is 5.51. The lowest BCUT2D eigenvalue weighted by molar-refractivity contribution is 0.0945. The minimum atomic E-state index is -0.988. The lowest BCUT2D eigenvalue weighted by Gasteiger charge is -2.09. The highest BCUT2D eigenvalue weighted by molar-refractivity contribution is 5.92. The van der Waals surface area contributed by atoms with E-state index < -0.39 is 11.6 Å². The van der Waals surface area contributed by atoms with Gasteiger partial charge in [-0.3, -0.25) is 9.78 Å². The third-order valence-electron chi connectivity index (χ3n) is 3.47. The van der Waals surface area contributed by atoms with Crippen LogP contribution in [0.3, 0.4) is 0 Å². The van der Waals surface area contributed by atoms with Crippen molar-refractivity contribution in [2.24, 2.45) is 0 Å². The first-order chi connectivity index (χ1) is 12.5. The van der Waals surface area contributed by atoms with Gasteiger partial charge in [-0.15, -0.1) is 0 Å². The molecule has 0 aliphatic carbocycles. The van der Waals surface area contributed by atoms with Crippen molar-refractivity contribution in [3.63, 3.8) is 0 Å². The number of hydrogen-bond acceptors (Lipinski definition) is 5. The Morgan fingerprint density at radius 2 is 1.81 bits per heavy atom. The summed E-state index contributed by atoms with van der Waals surface area (Å²) in [7, 11) is 0. The first kappa shape index (κ1) is 17.4. The molecule has 0 spiro atoms. The first-order valence-electron chi connectivity index (χ1n) is 7.76. The lowest BCUT2D eigenvalue weighted by atomic mass is 10.2. The molecule has 2 heterocycles. The zero-order valence-corrected chi connectivity index (χ0v) is 13.8. The molecule has 2 N–H and O–H groups in total. The molecule has 3 rings (SSSR count). The van der Waals surface area contributed by atoms with Crippen molar-refractivity contribution in [1.29, 1.82) is 0 Å². The van der Waals surface area contributed by atoms with Crippen LogP contribution >= 0.6 is 0 Å². The number of halogens is 2. The molecule has 6 nitrogen and oxygen atoms in total. The van der Waals surface area contributed by atoms with E-state index in [1.807, 2.05) is 0 Å². The molecule has 0 atom stereocenters. The molecule has 0 aliphatic heterocycles. The summed E-state index contributed by atoms with van der Waals surface area (Å²) in [6.07, 6.45) is 3.28. The van der Waals surface area contributed by atoms with Crippen molar-refractivity contribution >= 4 is 17.5 Å². The van der Waals surface area contributed by atoms with Crippen LogP contribution in [0.5, 0.6) is 0 Å². The standard InChI is InChI=1S/C18H15F2N5O/c1-11-8-16(17(26)22-10-12-4-6-21-7-5-12)25-18(23-11)24-13-2-3-14(19)15(20)9-13/h2-9H,10H2,1H3,(H,22,26)(H,23,24,25). The van der Waals surface area contributed by atoms with E-state index in [4.69, 9.17) is 0 Å². The average Bonchev–Trinajstić information content (AvgIpc) is 2.63. The van der Waals surface area contributed by atoms with Gasteiger partial charge in [-0.2, -0.15) is 0 Å². The zero-order chi connectivity index (χ0) is 18.5. The number of nitrogens with zero attached hydrogens (tertiary/aromatic N) is 3. The van der Waals surface area contributed by atoms with E-state index in [0.29, 0.717) is 12.2 Å². The maximum atomic E-state index is 13.3. The van der Waals surface area contributed by atoms with Gasteiger partial charge in [0.1, 0.15) is 5.69 Å². The smallest absolute Gasteiger partial charge is 0.270 e. The Kier molecular flexibility index (Phi) is 5.12. The van der Waals surface area contributed by atoms with Gasteiger partial charge >= 0.3 is 0 Å². The van der Waals surface area contributed by atoms with Crippen LogP contribution < -0.4 is 10.6 Å². The van der Waals surface area contributed by atoms with Crippen LogP contribution in [0.4, 0.5) is 20.4 Å². The van der Waals surface area contributed by atoms with Crippen molar-refractivity contribution in [3.8, 4) is 0 Å². The van der Waals surface area contributed by atoms with Gasteiger partial charge in [-0.1, -0.05) is 0 Å². The van der Waals surface area contributed by atoms with Crippen LogP contribution in [0.25, 0.3) is 0 Å². The predicted molar refractivity (Wildman–Crippen MR) is 91.8 cm³/mol. The topological polar surface area (TPSA) is 79.8 Å². The molecule has 0 fully saturated rings. The van der Waals surface area contributed by atoms with E-state index in [2.05, 4.69) is 25.6 Å². The molecule has 0 saturated carbocycles. The van der Waals surface area contributed by atoms with Crippen molar-refractivity contribution in [3.05, 3.63) is 77.4 Å². The molecule has 2 aromatic heterocycles. The molecule has 1 aromatic carbocycles. The van der Waals surface area contributed by atoms with Crippen LogP contribution in [0.1, 0.15) is 21.7 Å². The summed E-state index contributed by atoms with van der Waals surface area (Å²) in [5.74, 6) is -2.19. The summed E-state index contributed by atoms with van der Waals surface area (Å²) < 4.78 is 26.3. The fraction of sp³-hybridized carbons (Fsp3) is 0.111. The fourth-order valence-electron chi connectivity index (χ4n) is 2.22. The largest absolute Gasteiger partial charge is 0.347 e. The molecule has 1 amide bonds. The number of aryl methyl sites for hydroxylation is 1. The zero-order valence-electron chi connectivity index (χ0n) is 13.8. The lowest BCUT2D eigenvalue weighted by Crippen LogP contribution is -2.24. The fourth-order valence-corrected chi connectivity index (χ4v) is 2.22. The molecule has 0 saturated heterocycles. The third kappa shape index (κ3) is 4.35. The molecule has 0 bridgehead atoms. The minimum absolute atomic E-state index is 0.116. The molecule has 0 radical (unpaired) electrons.